The molecule has 1 saturated heterocycles. The lowest BCUT2D eigenvalue weighted by molar-refractivity contribution is -0.386. The van der Waals surface area contributed by atoms with Crippen molar-refractivity contribution in [3.63, 3.8) is 0 Å². The zero-order valence-electron chi connectivity index (χ0n) is 8.41. The zero-order valence-corrected chi connectivity index (χ0v) is 8.41. The van der Waals surface area contributed by atoms with E-state index < -0.39 is 0 Å². The van der Waals surface area contributed by atoms with E-state index >= 15 is 0 Å². The molecule has 0 unspecified atom stereocenters. The summed E-state index contributed by atoms with van der Waals surface area (Å²) >= 11 is 0. The van der Waals surface area contributed by atoms with Gasteiger partial charge in [0.05, 0.1) is 13.2 Å². The minimum Gasteiger partial charge on any atom is -0.378 e. The van der Waals surface area contributed by atoms with Gasteiger partial charge in [0.25, 0.3) is 0 Å². The van der Waals surface area contributed by atoms with Gasteiger partial charge in [-0.05, 0) is 6.07 Å². The van der Waals surface area contributed by atoms with Gasteiger partial charge in [0.15, 0.2) is 0 Å². The van der Waals surface area contributed by atoms with Crippen LogP contribution in [-0.4, -0.2) is 26.3 Å². The summed E-state index contributed by atoms with van der Waals surface area (Å²) in [5.41, 5.74) is 6.61. The van der Waals surface area contributed by atoms with Gasteiger partial charge in [0.2, 0.25) is 0 Å². The van der Waals surface area contributed by atoms with E-state index in [1.807, 2.05) is 0 Å². The largest absolute Gasteiger partial charge is 0.378 e. The highest BCUT2D eigenvalue weighted by Gasteiger charge is 2.13. The van der Waals surface area contributed by atoms with Crippen LogP contribution in [0.3, 0.4) is 0 Å². The van der Waals surface area contributed by atoms with Crippen molar-refractivity contribution in [2.45, 2.75) is 6.54 Å². The summed E-state index contributed by atoms with van der Waals surface area (Å²) < 4.78 is 5.34. The summed E-state index contributed by atoms with van der Waals surface area (Å²) in [7, 11) is 0. The third kappa shape index (κ3) is 1.89. The number of benzene rings is 1. The summed E-state index contributed by atoms with van der Waals surface area (Å²) in [6, 6.07) is 8.48. The van der Waals surface area contributed by atoms with E-state index in [2.05, 4.69) is 34.9 Å². The molecule has 0 saturated carbocycles. The average molecular weight is 193 g/mol. The summed E-state index contributed by atoms with van der Waals surface area (Å²) in [5.74, 6) is 0. The predicted molar refractivity (Wildman–Crippen MR) is 56.1 cm³/mol. The molecular weight excluding hydrogens is 176 g/mol. The van der Waals surface area contributed by atoms with Gasteiger partial charge in [-0.2, -0.15) is 0 Å². The van der Waals surface area contributed by atoms with E-state index in [1.165, 1.54) is 11.3 Å². The van der Waals surface area contributed by atoms with E-state index in [9.17, 15) is 0 Å². The van der Waals surface area contributed by atoms with E-state index in [0.717, 1.165) is 32.8 Å². The topological polar surface area (TPSA) is 40.1 Å². The summed E-state index contributed by atoms with van der Waals surface area (Å²) in [6.07, 6.45) is 0. The van der Waals surface area contributed by atoms with Crippen LogP contribution >= 0.6 is 0 Å². The van der Waals surface area contributed by atoms with Gasteiger partial charge in [-0.25, -0.2) is 0 Å². The average Bonchev–Trinajstić information content (AvgIpc) is 2.30. The first-order chi connectivity index (χ1) is 6.92. The summed E-state index contributed by atoms with van der Waals surface area (Å²) in [5, 5.41) is 0. The maximum atomic E-state index is 5.34. The fraction of sp³-hybridized carbons (Fsp3) is 0.455. The molecule has 0 bridgehead atoms. The molecule has 1 fully saturated rings. The molecule has 1 aliphatic rings. The van der Waals surface area contributed by atoms with Crippen LogP contribution in [0.25, 0.3) is 0 Å². The number of hydrogen-bond donors (Lipinski definition) is 1. The molecule has 2 rings (SSSR count). The SMILES string of the molecule is [NH3+]Cc1ccccc1N1CCOCC1. The molecule has 3 heteroatoms. The van der Waals surface area contributed by atoms with E-state index in [0.29, 0.717) is 0 Å². The van der Waals surface area contributed by atoms with Gasteiger partial charge in [-0.15, -0.1) is 0 Å². The maximum absolute atomic E-state index is 5.34. The number of nitrogens with zero attached hydrogens (tertiary/aromatic N) is 1. The molecule has 0 radical (unpaired) electrons. The van der Waals surface area contributed by atoms with Crippen molar-refractivity contribution in [2.75, 3.05) is 31.2 Å². The molecule has 14 heavy (non-hydrogen) atoms. The van der Waals surface area contributed by atoms with Crippen LogP contribution in [0.1, 0.15) is 5.56 Å². The van der Waals surface area contributed by atoms with Crippen LogP contribution < -0.4 is 10.6 Å². The van der Waals surface area contributed by atoms with Gasteiger partial charge in [-0.1, -0.05) is 18.2 Å². The second-order valence-electron chi connectivity index (χ2n) is 3.48. The number of hydrogen-bond acceptors (Lipinski definition) is 2. The first-order valence-corrected chi connectivity index (χ1v) is 5.11. The molecule has 0 aromatic heterocycles. The molecule has 0 atom stereocenters. The smallest absolute Gasteiger partial charge is 0.102 e. The highest BCUT2D eigenvalue weighted by atomic mass is 16.5. The van der Waals surface area contributed by atoms with Gasteiger partial charge < -0.3 is 15.4 Å². The summed E-state index contributed by atoms with van der Waals surface area (Å²) in [6.45, 7) is 4.53. The lowest BCUT2D eigenvalue weighted by atomic mass is 10.1. The quantitative estimate of drug-likeness (QED) is 0.732. The number of para-hydroxylation sites is 1. The van der Waals surface area contributed by atoms with Crippen LogP contribution in [-0.2, 0) is 11.3 Å². The number of morpholine rings is 1. The van der Waals surface area contributed by atoms with Crippen molar-refractivity contribution in [1.29, 1.82) is 0 Å². The molecule has 0 amide bonds. The van der Waals surface area contributed by atoms with Gasteiger partial charge in [0, 0.05) is 24.3 Å². The Balaban J connectivity index is 2.20. The van der Waals surface area contributed by atoms with Crippen molar-refractivity contribution in [1.82, 2.24) is 0 Å². The predicted octanol–water partition coefficient (Wildman–Crippen LogP) is 0.265. The molecule has 3 nitrogen and oxygen atoms in total. The Morgan fingerprint density at radius 1 is 1.21 bits per heavy atom. The molecule has 0 spiro atoms. The third-order valence-corrected chi connectivity index (χ3v) is 2.61. The standard InChI is InChI=1S/C11H16N2O/c12-9-10-3-1-2-4-11(10)13-5-7-14-8-6-13/h1-4H,5-9,12H2/p+1. The fourth-order valence-corrected chi connectivity index (χ4v) is 1.83. The van der Waals surface area contributed by atoms with Crippen molar-refractivity contribution in [2.24, 2.45) is 0 Å². The minimum atomic E-state index is 0.839. The Bertz CT molecular complexity index is 295. The van der Waals surface area contributed by atoms with Crippen molar-refractivity contribution in [3.8, 4) is 0 Å². The molecule has 1 aromatic rings. The Morgan fingerprint density at radius 2 is 1.93 bits per heavy atom. The van der Waals surface area contributed by atoms with Crippen molar-refractivity contribution in [3.05, 3.63) is 29.8 Å². The summed E-state index contributed by atoms with van der Waals surface area (Å²) in [4.78, 5) is 2.38. The van der Waals surface area contributed by atoms with Crippen LogP contribution in [0.5, 0.6) is 0 Å². The van der Waals surface area contributed by atoms with Crippen LogP contribution in [0.4, 0.5) is 5.69 Å². The Morgan fingerprint density at radius 3 is 2.64 bits per heavy atom. The number of rotatable bonds is 2. The van der Waals surface area contributed by atoms with Crippen LogP contribution in [0, 0.1) is 0 Å². The highest BCUT2D eigenvalue weighted by Crippen LogP contribution is 2.20. The van der Waals surface area contributed by atoms with Crippen molar-refractivity contribution < 1.29 is 10.5 Å². The van der Waals surface area contributed by atoms with E-state index in [4.69, 9.17) is 4.74 Å². The number of quaternary nitrogens is 1. The maximum Gasteiger partial charge on any atom is 0.102 e. The Labute approximate surface area is 84.5 Å². The Hall–Kier alpha value is -1.06. The second kappa shape index (κ2) is 4.44. The van der Waals surface area contributed by atoms with Gasteiger partial charge in [0.1, 0.15) is 6.54 Å². The van der Waals surface area contributed by atoms with Crippen molar-refractivity contribution >= 4 is 5.69 Å². The molecule has 1 aliphatic heterocycles. The molecular formula is C11H17N2O+. The highest BCUT2D eigenvalue weighted by molar-refractivity contribution is 5.53. The molecule has 1 aromatic carbocycles. The minimum absolute atomic E-state index is 0.839. The van der Waals surface area contributed by atoms with Gasteiger partial charge in [-0.3, -0.25) is 0 Å². The molecule has 1 heterocycles. The second-order valence-corrected chi connectivity index (χ2v) is 3.48. The van der Waals surface area contributed by atoms with E-state index in [1.54, 1.807) is 0 Å². The molecule has 0 aliphatic carbocycles. The third-order valence-electron chi connectivity index (χ3n) is 2.61. The van der Waals surface area contributed by atoms with Gasteiger partial charge >= 0.3 is 0 Å². The normalized spacial score (nSPS) is 17.1. The lowest BCUT2D eigenvalue weighted by Gasteiger charge is -2.30. The monoisotopic (exact) mass is 193 g/mol. The van der Waals surface area contributed by atoms with E-state index in [-0.39, 0.29) is 0 Å². The fourth-order valence-electron chi connectivity index (χ4n) is 1.83. The van der Waals surface area contributed by atoms with Crippen LogP contribution in [0.15, 0.2) is 24.3 Å². The first-order valence-electron chi connectivity index (χ1n) is 5.11. The molecule has 76 valence electrons. The Kier molecular flexibility index (Phi) is 3.01. The first kappa shape index (κ1) is 9.49. The number of anilines is 1. The zero-order chi connectivity index (χ0) is 9.80. The van der Waals surface area contributed by atoms with Crippen LogP contribution in [0.2, 0.25) is 0 Å². The number of ether oxygens (including phenoxy) is 1. The molecule has 3 N–H and O–H groups in total. The lowest BCUT2D eigenvalue weighted by Crippen LogP contribution is -2.48.